The monoisotopic (exact) mass is 250 g/mol. The maximum atomic E-state index is 4.53. The summed E-state index contributed by atoms with van der Waals surface area (Å²) in [6, 6.07) is 21.3. The molecule has 3 aromatic rings. The smallest absolute Gasteiger partial charge is 0.0119 e. The zero-order chi connectivity index (χ0) is 12.5. The molecule has 0 saturated carbocycles. The first-order valence-electron chi connectivity index (χ1n) is 6.03. The van der Waals surface area contributed by atoms with Gasteiger partial charge in [-0.25, -0.2) is 0 Å². The summed E-state index contributed by atoms with van der Waals surface area (Å²) in [6.07, 6.45) is 0. The van der Waals surface area contributed by atoms with Gasteiger partial charge in [0, 0.05) is 4.90 Å². The molecule has 0 N–H and O–H groups in total. The van der Waals surface area contributed by atoms with E-state index < -0.39 is 0 Å². The number of hydrogen-bond donors (Lipinski definition) is 1. The van der Waals surface area contributed by atoms with Crippen LogP contribution in [0.4, 0.5) is 0 Å². The van der Waals surface area contributed by atoms with E-state index in [4.69, 9.17) is 0 Å². The number of rotatable bonds is 1. The molecule has 0 atom stereocenters. The van der Waals surface area contributed by atoms with E-state index in [0.717, 1.165) is 4.90 Å². The fourth-order valence-corrected chi connectivity index (χ4v) is 2.56. The Morgan fingerprint density at radius 1 is 0.722 bits per heavy atom. The lowest BCUT2D eigenvalue weighted by molar-refractivity contribution is 1.47. The predicted octanol–water partition coefficient (Wildman–Crippen LogP) is 5.10. The minimum atomic E-state index is 1.03. The van der Waals surface area contributed by atoms with E-state index in [1.807, 2.05) is 6.07 Å². The van der Waals surface area contributed by atoms with Crippen LogP contribution in [-0.4, -0.2) is 0 Å². The normalized spacial score (nSPS) is 10.8. The molecule has 18 heavy (non-hydrogen) atoms. The second kappa shape index (κ2) is 4.51. The number of aryl methyl sites for hydroxylation is 1. The SMILES string of the molecule is Cc1ccc(-c2cccc3c(S)cccc23)cc1. The highest BCUT2D eigenvalue weighted by Gasteiger charge is 2.04. The van der Waals surface area contributed by atoms with E-state index in [1.54, 1.807) is 0 Å². The molecule has 0 heterocycles. The summed E-state index contributed by atoms with van der Waals surface area (Å²) < 4.78 is 0. The van der Waals surface area contributed by atoms with Crippen molar-refractivity contribution < 1.29 is 0 Å². The van der Waals surface area contributed by atoms with Crippen LogP contribution in [0.1, 0.15) is 5.56 Å². The summed E-state index contributed by atoms with van der Waals surface area (Å²) in [6.45, 7) is 2.11. The molecular weight excluding hydrogens is 236 g/mol. The first-order chi connectivity index (χ1) is 8.75. The van der Waals surface area contributed by atoms with Gasteiger partial charge >= 0.3 is 0 Å². The maximum absolute atomic E-state index is 4.53. The van der Waals surface area contributed by atoms with Gasteiger partial charge in [0.1, 0.15) is 0 Å². The lowest BCUT2D eigenvalue weighted by Crippen LogP contribution is -1.82. The number of fused-ring (bicyclic) bond motifs is 1. The second-order valence-corrected chi connectivity index (χ2v) is 5.03. The molecule has 0 amide bonds. The van der Waals surface area contributed by atoms with Gasteiger partial charge in [-0.15, -0.1) is 12.6 Å². The molecule has 3 rings (SSSR count). The van der Waals surface area contributed by atoms with Crippen molar-refractivity contribution in [1.82, 2.24) is 0 Å². The van der Waals surface area contributed by atoms with Gasteiger partial charge < -0.3 is 0 Å². The summed E-state index contributed by atoms with van der Waals surface area (Å²) in [4.78, 5) is 1.03. The van der Waals surface area contributed by atoms with Crippen LogP contribution >= 0.6 is 12.6 Å². The average Bonchev–Trinajstić information content (AvgIpc) is 2.40. The topological polar surface area (TPSA) is 0 Å². The van der Waals surface area contributed by atoms with Crippen molar-refractivity contribution in [2.24, 2.45) is 0 Å². The molecule has 0 bridgehead atoms. The van der Waals surface area contributed by atoms with Gasteiger partial charge in [-0.05, 0) is 34.9 Å². The molecule has 3 aromatic carbocycles. The molecule has 1 heteroatoms. The zero-order valence-electron chi connectivity index (χ0n) is 10.2. The number of thiol groups is 1. The lowest BCUT2D eigenvalue weighted by Gasteiger charge is -2.08. The molecule has 0 fully saturated rings. The molecular formula is C17H14S. The Bertz CT molecular complexity index is 696. The Balaban J connectivity index is 2.29. The standard InChI is InChI=1S/C17H14S/c1-12-8-10-13(11-9-12)14-4-2-6-16-15(14)5-3-7-17(16)18/h2-11,18H,1H3. The summed E-state index contributed by atoms with van der Waals surface area (Å²) >= 11 is 4.53. The van der Waals surface area contributed by atoms with Crippen LogP contribution in [0, 0.1) is 6.92 Å². The summed E-state index contributed by atoms with van der Waals surface area (Å²) in [5.74, 6) is 0. The Labute approximate surface area is 113 Å². The molecule has 0 nitrogen and oxygen atoms in total. The summed E-state index contributed by atoms with van der Waals surface area (Å²) in [7, 11) is 0. The average molecular weight is 250 g/mol. The fourth-order valence-electron chi connectivity index (χ4n) is 2.28. The van der Waals surface area contributed by atoms with Crippen molar-refractivity contribution in [2.45, 2.75) is 11.8 Å². The van der Waals surface area contributed by atoms with Gasteiger partial charge in [0.2, 0.25) is 0 Å². The Kier molecular flexibility index (Phi) is 2.85. The van der Waals surface area contributed by atoms with Crippen molar-refractivity contribution in [1.29, 1.82) is 0 Å². The molecule has 88 valence electrons. The van der Waals surface area contributed by atoms with E-state index in [2.05, 4.69) is 74.1 Å². The van der Waals surface area contributed by atoms with Crippen molar-refractivity contribution in [3.05, 3.63) is 66.2 Å². The highest BCUT2D eigenvalue weighted by Crippen LogP contribution is 2.31. The molecule has 0 radical (unpaired) electrons. The van der Waals surface area contributed by atoms with Crippen LogP contribution < -0.4 is 0 Å². The van der Waals surface area contributed by atoms with Crippen molar-refractivity contribution in [3.8, 4) is 11.1 Å². The second-order valence-electron chi connectivity index (χ2n) is 4.54. The quantitative estimate of drug-likeness (QED) is 0.570. The number of hydrogen-bond acceptors (Lipinski definition) is 1. The molecule has 0 saturated heterocycles. The third kappa shape index (κ3) is 1.91. The third-order valence-electron chi connectivity index (χ3n) is 3.26. The van der Waals surface area contributed by atoms with Crippen molar-refractivity contribution in [3.63, 3.8) is 0 Å². The molecule has 0 aliphatic rings. The van der Waals surface area contributed by atoms with E-state index >= 15 is 0 Å². The van der Waals surface area contributed by atoms with Crippen molar-refractivity contribution in [2.75, 3.05) is 0 Å². The van der Waals surface area contributed by atoms with E-state index in [1.165, 1.54) is 27.5 Å². The molecule has 0 spiro atoms. The largest absolute Gasteiger partial charge is 0.143 e. The zero-order valence-corrected chi connectivity index (χ0v) is 11.1. The van der Waals surface area contributed by atoms with Gasteiger partial charge in [-0.2, -0.15) is 0 Å². The Hall–Kier alpha value is -1.73. The van der Waals surface area contributed by atoms with Gasteiger partial charge in [-0.1, -0.05) is 60.2 Å². The van der Waals surface area contributed by atoms with Gasteiger partial charge in [0.05, 0.1) is 0 Å². The van der Waals surface area contributed by atoms with E-state index in [-0.39, 0.29) is 0 Å². The minimum absolute atomic E-state index is 1.03. The van der Waals surface area contributed by atoms with Gasteiger partial charge in [0.15, 0.2) is 0 Å². The van der Waals surface area contributed by atoms with Gasteiger partial charge in [-0.3, -0.25) is 0 Å². The predicted molar refractivity (Wildman–Crippen MR) is 81.4 cm³/mol. The van der Waals surface area contributed by atoms with Crippen LogP contribution in [0.15, 0.2) is 65.6 Å². The highest BCUT2D eigenvalue weighted by molar-refractivity contribution is 7.80. The van der Waals surface area contributed by atoms with Crippen LogP contribution in [0.5, 0.6) is 0 Å². The molecule has 0 aliphatic carbocycles. The first kappa shape index (κ1) is 11.4. The third-order valence-corrected chi connectivity index (χ3v) is 3.65. The lowest BCUT2D eigenvalue weighted by atomic mass is 9.98. The minimum Gasteiger partial charge on any atom is -0.143 e. The molecule has 0 aromatic heterocycles. The Morgan fingerprint density at radius 2 is 1.39 bits per heavy atom. The van der Waals surface area contributed by atoms with Crippen LogP contribution in [0.2, 0.25) is 0 Å². The molecule has 0 unspecified atom stereocenters. The first-order valence-corrected chi connectivity index (χ1v) is 6.48. The highest BCUT2D eigenvalue weighted by atomic mass is 32.1. The van der Waals surface area contributed by atoms with Crippen LogP contribution in [0.25, 0.3) is 21.9 Å². The van der Waals surface area contributed by atoms with E-state index in [9.17, 15) is 0 Å². The maximum Gasteiger partial charge on any atom is 0.0119 e. The van der Waals surface area contributed by atoms with Crippen LogP contribution in [-0.2, 0) is 0 Å². The summed E-state index contributed by atoms with van der Waals surface area (Å²) in [5.41, 5.74) is 3.81. The molecule has 0 aliphatic heterocycles. The fraction of sp³-hybridized carbons (Fsp3) is 0.0588. The van der Waals surface area contributed by atoms with Gasteiger partial charge in [0.25, 0.3) is 0 Å². The van der Waals surface area contributed by atoms with E-state index in [0.29, 0.717) is 0 Å². The van der Waals surface area contributed by atoms with Crippen molar-refractivity contribution >= 4 is 23.4 Å². The van der Waals surface area contributed by atoms with Crippen LogP contribution in [0.3, 0.4) is 0 Å². The Morgan fingerprint density at radius 3 is 2.17 bits per heavy atom. The number of benzene rings is 3. The summed E-state index contributed by atoms with van der Waals surface area (Å²) in [5, 5.41) is 2.47.